The summed E-state index contributed by atoms with van der Waals surface area (Å²) >= 11 is 0. The van der Waals surface area contributed by atoms with Gasteiger partial charge < -0.3 is 49.9 Å². The van der Waals surface area contributed by atoms with Crippen LogP contribution < -0.4 is 20.1 Å². The molecule has 6 atom stereocenters. The maximum absolute atomic E-state index is 14.8. The van der Waals surface area contributed by atoms with Crippen LogP contribution in [0.3, 0.4) is 0 Å². The van der Waals surface area contributed by atoms with Gasteiger partial charge in [-0.05, 0) is 160 Å². The molecule has 6 amide bonds. The minimum absolute atomic E-state index is 0.0758. The van der Waals surface area contributed by atoms with E-state index < -0.39 is 53.8 Å². The third-order valence-electron chi connectivity index (χ3n) is 17.1. The number of amides is 6. The summed E-state index contributed by atoms with van der Waals surface area (Å²) in [6, 6.07) is 43.3. The lowest BCUT2D eigenvalue weighted by molar-refractivity contribution is -0.145. The van der Waals surface area contributed by atoms with Gasteiger partial charge in [-0.15, -0.1) is 0 Å². The van der Waals surface area contributed by atoms with E-state index in [1.807, 2.05) is 104 Å². The maximum Gasteiger partial charge on any atom is 0.253 e. The van der Waals surface area contributed by atoms with Gasteiger partial charge in [-0.25, -0.2) is 4.39 Å². The van der Waals surface area contributed by atoms with E-state index in [0.717, 1.165) is 54.5 Å². The Morgan fingerprint density at radius 1 is 0.472 bits per heavy atom. The Morgan fingerprint density at radius 3 is 1.38 bits per heavy atom. The molecule has 6 unspecified atom stereocenters. The number of aliphatic hydroxyl groups is 2. The summed E-state index contributed by atoms with van der Waals surface area (Å²) in [5.74, 6) is -2.22. The van der Waals surface area contributed by atoms with Gasteiger partial charge in [0.2, 0.25) is 11.8 Å². The van der Waals surface area contributed by atoms with Crippen molar-refractivity contribution in [1.82, 2.24) is 30.2 Å². The number of benzene rings is 6. The van der Waals surface area contributed by atoms with Crippen molar-refractivity contribution >= 4 is 35.4 Å². The van der Waals surface area contributed by atoms with Crippen LogP contribution >= 0.6 is 0 Å². The number of nitrogens with one attached hydrogen (secondary N) is 2. The van der Waals surface area contributed by atoms with Crippen molar-refractivity contribution < 1.29 is 52.8 Å². The molecule has 5 heterocycles. The van der Waals surface area contributed by atoms with E-state index >= 15 is 0 Å². The highest BCUT2D eigenvalue weighted by atomic mass is 19.1. The predicted octanol–water partition coefficient (Wildman–Crippen LogP) is 9.84. The van der Waals surface area contributed by atoms with Gasteiger partial charge in [0, 0.05) is 80.7 Å². The zero-order valence-corrected chi connectivity index (χ0v) is 51.3. The Morgan fingerprint density at radius 2 is 0.910 bits per heavy atom. The highest BCUT2D eigenvalue weighted by Gasteiger charge is 2.40. The number of carbonyl (C=O) groups is 6. The first kappa shape index (κ1) is 65.0. The molecule has 0 saturated carbocycles. The lowest BCUT2D eigenvalue weighted by atomic mass is 9.85. The van der Waals surface area contributed by atoms with Crippen LogP contribution in [0.5, 0.6) is 11.5 Å². The summed E-state index contributed by atoms with van der Waals surface area (Å²) < 4.78 is 26.6. The molecule has 6 aromatic rings. The fourth-order valence-corrected chi connectivity index (χ4v) is 12.4. The molecule has 0 spiro atoms. The molecule has 2 fully saturated rings. The Hall–Kier alpha value is -8.41. The van der Waals surface area contributed by atoms with Gasteiger partial charge in [-0.3, -0.25) is 28.8 Å². The highest BCUT2D eigenvalue weighted by molar-refractivity contribution is 6.01. The fourth-order valence-electron chi connectivity index (χ4n) is 12.4. The van der Waals surface area contributed by atoms with Gasteiger partial charge in [-0.2, -0.15) is 0 Å². The number of fused-ring (bicyclic) bond motifs is 15. The second kappa shape index (κ2) is 32.2. The van der Waals surface area contributed by atoms with E-state index in [1.165, 1.54) is 12.1 Å². The molecule has 470 valence electrons. The molecule has 0 aromatic heterocycles. The Bertz CT molecular complexity index is 3330. The summed E-state index contributed by atoms with van der Waals surface area (Å²) in [6.45, 7) is 9.41. The van der Waals surface area contributed by atoms with Crippen molar-refractivity contribution in [3.05, 3.63) is 202 Å². The number of ether oxygens (including phenoxy) is 2. The highest BCUT2D eigenvalue weighted by Crippen LogP contribution is 2.30. The number of nitrogens with zero attached hydrogens (tertiary/aromatic N) is 4. The minimum Gasteiger partial charge on any atom is -0.494 e. The molecule has 16 nitrogen and oxygen atoms in total. The van der Waals surface area contributed by atoms with E-state index in [-0.39, 0.29) is 35.6 Å². The minimum atomic E-state index is -1.24. The van der Waals surface area contributed by atoms with E-state index in [9.17, 15) is 43.4 Å². The van der Waals surface area contributed by atoms with Crippen LogP contribution in [0.15, 0.2) is 152 Å². The molecule has 5 aliphatic rings. The monoisotopic (exact) mass is 1210 g/mol. The van der Waals surface area contributed by atoms with Crippen LogP contribution in [0.4, 0.5) is 4.39 Å². The lowest BCUT2D eigenvalue weighted by Crippen LogP contribution is -2.53. The molecule has 0 radical (unpaired) electrons. The number of hydrogen-bond acceptors (Lipinski definition) is 10. The second-order valence-corrected chi connectivity index (χ2v) is 23.8. The van der Waals surface area contributed by atoms with E-state index in [2.05, 4.69) is 10.6 Å². The topological polar surface area (TPSA) is 198 Å². The Balaban J connectivity index is 0.000000211. The van der Waals surface area contributed by atoms with Crippen molar-refractivity contribution in [3.8, 4) is 11.5 Å². The zero-order chi connectivity index (χ0) is 62.7. The average Bonchev–Trinajstić information content (AvgIpc) is 2.18. The van der Waals surface area contributed by atoms with E-state index in [1.54, 1.807) is 69.3 Å². The number of likely N-dealkylation sites (tertiary alicyclic amines) is 2. The van der Waals surface area contributed by atoms with Gasteiger partial charge in [-0.1, -0.05) is 98.8 Å². The Labute approximate surface area is 522 Å². The standard InChI is InChI=1S/C36H42FN3O5.C36H43N3O5/c1-2-15-39-16-6-7-18-45-30-20-26(19-29(37)23-30)21-32(38-34(42)27-12-8-13-28(22-27)35(39)43)33(41)31-14-9-17-40(36(31)44)24-25-10-4-3-5-11-25;1-2-19-38-20-6-7-22-44-30-17-15-26(16-18-30)23-32(37-34(41)28-12-8-13-29(24-28)35(38)42)33(40)31-14-9-21-39(36(31)43)25-27-10-4-3-5-11-27/h3-5,8,10-13,19-20,22-23,31-33,41H,2,6-7,9,14-18,21,24H2,1H3,(H,38,42);3-5,8,10-13,15-18,24,31-33,40H,2,6-7,9,14,19-23,25H2,1H3,(H,37,41). The van der Waals surface area contributed by atoms with E-state index in [0.29, 0.717) is 132 Å². The van der Waals surface area contributed by atoms with Crippen LogP contribution in [0.1, 0.15) is 142 Å². The lowest BCUT2D eigenvalue weighted by Gasteiger charge is -2.37. The number of rotatable bonds is 12. The summed E-state index contributed by atoms with van der Waals surface area (Å²) in [4.78, 5) is 88.7. The zero-order valence-electron chi connectivity index (χ0n) is 51.3. The first-order valence-corrected chi connectivity index (χ1v) is 31.8. The van der Waals surface area contributed by atoms with Gasteiger partial charge in [0.25, 0.3) is 23.6 Å². The van der Waals surface area contributed by atoms with Gasteiger partial charge >= 0.3 is 0 Å². The van der Waals surface area contributed by atoms with Gasteiger partial charge in [0.15, 0.2) is 0 Å². The Kier molecular flexibility index (Phi) is 23.5. The smallest absolute Gasteiger partial charge is 0.253 e. The van der Waals surface area contributed by atoms with Crippen molar-refractivity contribution in [3.63, 3.8) is 0 Å². The average molecular weight is 1210 g/mol. The third-order valence-corrected chi connectivity index (χ3v) is 17.1. The maximum atomic E-state index is 14.8. The van der Waals surface area contributed by atoms with Gasteiger partial charge in [0.1, 0.15) is 17.3 Å². The number of piperidine rings is 2. The number of carbonyl (C=O) groups excluding carboxylic acids is 6. The summed E-state index contributed by atoms with van der Waals surface area (Å²) in [7, 11) is 0. The molecular weight excluding hydrogens is 1130 g/mol. The van der Waals surface area contributed by atoms with Crippen LogP contribution in [-0.4, -0.2) is 142 Å². The number of hydrogen-bond donors (Lipinski definition) is 4. The van der Waals surface area contributed by atoms with Crippen molar-refractivity contribution in [2.45, 2.75) is 128 Å². The first-order valence-electron chi connectivity index (χ1n) is 31.8. The van der Waals surface area contributed by atoms with E-state index in [4.69, 9.17) is 9.47 Å². The molecule has 17 heteroatoms. The normalized spacial score (nSPS) is 20.7. The largest absolute Gasteiger partial charge is 0.494 e. The molecule has 89 heavy (non-hydrogen) atoms. The molecule has 4 N–H and O–H groups in total. The summed E-state index contributed by atoms with van der Waals surface area (Å²) in [5.41, 5.74) is 4.94. The van der Waals surface area contributed by atoms with Gasteiger partial charge in [0.05, 0.1) is 49.3 Å². The molecule has 5 aliphatic heterocycles. The summed E-state index contributed by atoms with van der Waals surface area (Å²) in [6.07, 6.45) is 5.17. The van der Waals surface area contributed by atoms with Crippen molar-refractivity contribution in [2.75, 3.05) is 52.5 Å². The fraction of sp³-hybridized carbons (Fsp3) is 0.417. The molecular formula is C72H85FN6O10. The molecule has 0 aliphatic carbocycles. The molecule has 8 bridgehead atoms. The SMILES string of the molecule is CCCN1CCCCOc2cc(F)cc(c2)CC(C(O)C2CCCN(Cc3ccccc3)C2=O)NC(=O)c2cccc(c2)C1=O.CCCN1CCCCOc2ccc(cc2)CC(C(O)C2CCCN(Cc3ccccc3)C2=O)NC(=O)c2cccc(c2)C1=O. The molecule has 2 saturated heterocycles. The second-order valence-electron chi connectivity index (χ2n) is 23.8. The molecule has 6 aromatic carbocycles. The number of halogens is 1. The quantitative estimate of drug-likeness (QED) is 0.0915. The first-order chi connectivity index (χ1) is 43.2. The summed E-state index contributed by atoms with van der Waals surface area (Å²) in [5, 5.41) is 29.5. The van der Waals surface area contributed by atoms with Crippen molar-refractivity contribution in [1.29, 1.82) is 0 Å². The molecule has 11 rings (SSSR count). The van der Waals surface area contributed by atoms with Crippen LogP contribution in [-0.2, 0) is 35.5 Å². The van der Waals surface area contributed by atoms with Crippen LogP contribution in [0, 0.1) is 17.7 Å². The third kappa shape index (κ3) is 17.9. The predicted molar refractivity (Wildman–Crippen MR) is 339 cm³/mol. The number of aliphatic hydroxyl groups excluding tert-OH is 2. The van der Waals surface area contributed by atoms with Crippen molar-refractivity contribution in [2.24, 2.45) is 11.8 Å². The van der Waals surface area contributed by atoms with Crippen LogP contribution in [0.2, 0.25) is 0 Å². The van der Waals surface area contributed by atoms with Crippen LogP contribution in [0.25, 0.3) is 0 Å².